The normalized spacial score (nSPS) is 36.1. The summed E-state index contributed by atoms with van der Waals surface area (Å²) in [4.78, 5) is 0. The van der Waals surface area contributed by atoms with Gasteiger partial charge in [-0.2, -0.15) is 0 Å². The fourth-order valence-electron chi connectivity index (χ4n) is 3.38. The zero-order valence-corrected chi connectivity index (χ0v) is 9.32. The molecule has 1 aromatic rings. The van der Waals surface area contributed by atoms with Crippen LogP contribution in [0.15, 0.2) is 24.3 Å². The standard InChI is InChI=1S/C14H17FO/c15-13-4-2-1-3-10(13)6-14(9-16)7-11-5-12(11)8-14/h1-4,11-12,16H,5-9H2. The first-order chi connectivity index (χ1) is 7.72. The maximum atomic E-state index is 13.6. The molecule has 0 aromatic heterocycles. The van der Waals surface area contributed by atoms with E-state index >= 15 is 0 Å². The van der Waals surface area contributed by atoms with Crippen LogP contribution in [0.2, 0.25) is 0 Å². The lowest BCUT2D eigenvalue weighted by Gasteiger charge is -2.28. The molecule has 86 valence electrons. The van der Waals surface area contributed by atoms with Gasteiger partial charge in [0.05, 0.1) is 0 Å². The van der Waals surface area contributed by atoms with E-state index in [1.54, 1.807) is 6.07 Å². The fourth-order valence-corrected chi connectivity index (χ4v) is 3.38. The van der Waals surface area contributed by atoms with E-state index in [-0.39, 0.29) is 17.8 Å². The van der Waals surface area contributed by atoms with Crippen LogP contribution in [0, 0.1) is 23.1 Å². The molecule has 2 heteroatoms. The molecule has 2 aliphatic carbocycles. The van der Waals surface area contributed by atoms with Gasteiger partial charge in [0.15, 0.2) is 0 Å². The number of hydrogen-bond acceptors (Lipinski definition) is 1. The van der Waals surface area contributed by atoms with E-state index in [1.165, 1.54) is 12.5 Å². The molecule has 0 aliphatic heterocycles. The molecule has 0 spiro atoms. The molecule has 1 aromatic carbocycles. The first kappa shape index (κ1) is 10.3. The van der Waals surface area contributed by atoms with Crippen LogP contribution < -0.4 is 0 Å². The highest BCUT2D eigenvalue weighted by molar-refractivity contribution is 5.20. The van der Waals surface area contributed by atoms with Crippen LogP contribution in [0.1, 0.15) is 24.8 Å². The van der Waals surface area contributed by atoms with Crippen molar-refractivity contribution in [3.8, 4) is 0 Å². The Morgan fingerprint density at radius 2 is 1.94 bits per heavy atom. The Morgan fingerprint density at radius 3 is 2.56 bits per heavy atom. The molecular weight excluding hydrogens is 203 g/mol. The number of hydrogen-bond donors (Lipinski definition) is 1. The number of benzene rings is 1. The predicted octanol–water partition coefficient (Wildman–Crippen LogP) is 2.78. The van der Waals surface area contributed by atoms with Gasteiger partial charge in [-0.25, -0.2) is 4.39 Å². The van der Waals surface area contributed by atoms with Crippen LogP contribution in [-0.2, 0) is 6.42 Å². The van der Waals surface area contributed by atoms with Crippen LogP contribution in [0.3, 0.4) is 0 Å². The Balaban J connectivity index is 1.80. The van der Waals surface area contributed by atoms with E-state index in [1.807, 2.05) is 12.1 Å². The number of aliphatic hydroxyl groups excluding tert-OH is 1. The average Bonchev–Trinajstić information content (AvgIpc) is 2.91. The second-order valence-corrected chi connectivity index (χ2v) is 5.59. The van der Waals surface area contributed by atoms with Crippen molar-refractivity contribution in [3.63, 3.8) is 0 Å². The highest BCUT2D eigenvalue weighted by atomic mass is 19.1. The summed E-state index contributed by atoms with van der Waals surface area (Å²) in [6, 6.07) is 6.95. The minimum Gasteiger partial charge on any atom is -0.396 e. The van der Waals surface area contributed by atoms with E-state index in [9.17, 15) is 9.50 Å². The molecule has 0 amide bonds. The first-order valence-corrected chi connectivity index (χ1v) is 6.07. The van der Waals surface area contributed by atoms with E-state index in [0.717, 1.165) is 30.2 Å². The molecule has 2 saturated carbocycles. The molecule has 1 nitrogen and oxygen atoms in total. The van der Waals surface area contributed by atoms with Crippen LogP contribution in [0.5, 0.6) is 0 Å². The first-order valence-electron chi connectivity index (χ1n) is 6.07. The van der Waals surface area contributed by atoms with Gasteiger partial charge in [0.25, 0.3) is 0 Å². The lowest BCUT2D eigenvalue weighted by Crippen LogP contribution is -2.26. The number of rotatable bonds is 3. The van der Waals surface area contributed by atoms with Crippen LogP contribution in [0.4, 0.5) is 4.39 Å². The number of fused-ring (bicyclic) bond motifs is 1. The zero-order valence-electron chi connectivity index (χ0n) is 9.32. The van der Waals surface area contributed by atoms with Crippen molar-refractivity contribution in [2.45, 2.75) is 25.7 Å². The molecule has 2 atom stereocenters. The maximum absolute atomic E-state index is 13.6. The Kier molecular flexibility index (Phi) is 2.28. The van der Waals surface area contributed by atoms with Crippen molar-refractivity contribution < 1.29 is 9.50 Å². The minimum absolute atomic E-state index is 0.0320. The van der Waals surface area contributed by atoms with Crippen molar-refractivity contribution in [3.05, 3.63) is 35.6 Å². The molecular formula is C14H17FO. The van der Waals surface area contributed by atoms with Crippen LogP contribution in [-0.4, -0.2) is 11.7 Å². The van der Waals surface area contributed by atoms with E-state index in [4.69, 9.17) is 0 Å². The topological polar surface area (TPSA) is 20.2 Å². The molecule has 3 rings (SSSR count). The fraction of sp³-hybridized carbons (Fsp3) is 0.571. The summed E-state index contributed by atoms with van der Waals surface area (Å²) in [5, 5.41) is 9.58. The number of aliphatic hydroxyl groups is 1. The van der Waals surface area contributed by atoms with E-state index < -0.39 is 0 Å². The Morgan fingerprint density at radius 1 is 1.25 bits per heavy atom. The third-order valence-electron chi connectivity index (χ3n) is 4.32. The summed E-state index contributed by atoms with van der Waals surface area (Å²) in [7, 11) is 0. The third kappa shape index (κ3) is 1.65. The zero-order chi connectivity index (χ0) is 11.2. The van der Waals surface area contributed by atoms with Gasteiger partial charge >= 0.3 is 0 Å². The average molecular weight is 220 g/mol. The Labute approximate surface area is 95.3 Å². The molecule has 2 aliphatic rings. The van der Waals surface area contributed by atoms with Gasteiger partial charge in [0.1, 0.15) is 5.82 Å². The lowest BCUT2D eigenvalue weighted by atomic mass is 9.78. The van der Waals surface area contributed by atoms with Gasteiger partial charge in [0.2, 0.25) is 0 Å². The van der Waals surface area contributed by atoms with Crippen molar-refractivity contribution in [2.24, 2.45) is 17.3 Å². The van der Waals surface area contributed by atoms with Gasteiger partial charge in [-0.3, -0.25) is 0 Å². The summed E-state index contributed by atoms with van der Waals surface area (Å²) in [5.41, 5.74) is 0.730. The highest BCUT2D eigenvalue weighted by Gasteiger charge is 2.53. The summed E-state index contributed by atoms with van der Waals surface area (Å²) in [5.74, 6) is 1.51. The summed E-state index contributed by atoms with van der Waals surface area (Å²) < 4.78 is 13.6. The smallest absolute Gasteiger partial charge is 0.126 e. The molecule has 0 radical (unpaired) electrons. The largest absolute Gasteiger partial charge is 0.396 e. The third-order valence-corrected chi connectivity index (χ3v) is 4.32. The van der Waals surface area contributed by atoms with Crippen molar-refractivity contribution in [1.29, 1.82) is 0 Å². The Hall–Kier alpha value is -0.890. The van der Waals surface area contributed by atoms with Gasteiger partial charge in [-0.1, -0.05) is 18.2 Å². The second kappa shape index (κ2) is 3.56. The molecule has 2 unspecified atom stereocenters. The maximum Gasteiger partial charge on any atom is 0.126 e. The number of halogens is 1. The van der Waals surface area contributed by atoms with Crippen LogP contribution in [0.25, 0.3) is 0 Å². The molecule has 16 heavy (non-hydrogen) atoms. The molecule has 0 heterocycles. The van der Waals surface area contributed by atoms with E-state index in [0.29, 0.717) is 6.42 Å². The highest BCUT2D eigenvalue weighted by Crippen LogP contribution is 2.60. The second-order valence-electron chi connectivity index (χ2n) is 5.59. The SMILES string of the molecule is OCC1(Cc2ccccc2F)CC2CC2C1. The molecule has 0 saturated heterocycles. The van der Waals surface area contributed by atoms with Gasteiger partial charge in [-0.15, -0.1) is 0 Å². The molecule has 0 bridgehead atoms. The predicted molar refractivity (Wildman–Crippen MR) is 60.5 cm³/mol. The van der Waals surface area contributed by atoms with Gasteiger partial charge in [-0.05, 0) is 54.6 Å². The quantitative estimate of drug-likeness (QED) is 0.830. The summed E-state index contributed by atoms with van der Waals surface area (Å²) >= 11 is 0. The van der Waals surface area contributed by atoms with Crippen LogP contribution >= 0.6 is 0 Å². The lowest BCUT2D eigenvalue weighted by molar-refractivity contribution is 0.116. The van der Waals surface area contributed by atoms with Crippen molar-refractivity contribution in [2.75, 3.05) is 6.61 Å². The molecule has 1 N–H and O–H groups in total. The monoisotopic (exact) mass is 220 g/mol. The van der Waals surface area contributed by atoms with Gasteiger partial charge in [0, 0.05) is 6.61 Å². The molecule has 2 fully saturated rings. The summed E-state index contributed by atoms with van der Waals surface area (Å²) in [6.45, 7) is 0.203. The van der Waals surface area contributed by atoms with Crippen molar-refractivity contribution in [1.82, 2.24) is 0 Å². The van der Waals surface area contributed by atoms with Crippen molar-refractivity contribution >= 4 is 0 Å². The van der Waals surface area contributed by atoms with E-state index in [2.05, 4.69) is 0 Å². The van der Waals surface area contributed by atoms with Gasteiger partial charge < -0.3 is 5.11 Å². The minimum atomic E-state index is -0.129. The Bertz CT molecular complexity index is 391. The summed E-state index contributed by atoms with van der Waals surface area (Å²) in [6.07, 6.45) is 4.20.